The van der Waals surface area contributed by atoms with E-state index < -0.39 is 0 Å². The molecular weight excluding hydrogens is 400 g/mol. The lowest BCUT2D eigenvalue weighted by Crippen LogP contribution is -2.45. The molecule has 0 radical (unpaired) electrons. The minimum atomic E-state index is -0.135. The van der Waals surface area contributed by atoms with E-state index in [4.69, 9.17) is 5.10 Å². The summed E-state index contributed by atoms with van der Waals surface area (Å²) in [5, 5.41) is 9.37. The number of hydrogen-bond donors (Lipinski definition) is 2. The van der Waals surface area contributed by atoms with Crippen LogP contribution in [-0.4, -0.2) is 70.9 Å². The third-order valence-corrected chi connectivity index (χ3v) is 6.21. The van der Waals surface area contributed by atoms with Crippen molar-refractivity contribution in [2.45, 2.75) is 39.2 Å². The van der Waals surface area contributed by atoms with E-state index in [1.807, 2.05) is 41.1 Å². The molecule has 0 spiro atoms. The number of nitrogens with zero attached hydrogens (tertiary/aromatic N) is 4. The molecule has 3 aromatic rings. The lowest BCUT2D eigenvalue weighted by molar-refractivity contribution is 0.152. The normalized spacial score (nSPS) is 16.1. The van der Waals surface area contributed by atoms with Gasteiger partial charge in [0, 0.05) is 49.1 Å². The molecule has 4 rings (SSSR count). The Bertz CT molecular complexity index is 1090. The van der Waals surface area contributed by atoms with Crippen LogP contribution in [0, 0.1) is 0 Å². The summed E-state index contributed by atoms with van der Waals surface area (Å²) in [6.45, 7) is 13.6. The van der Waals surface area contributed by atoms with Gasteiger partial charge in [-0.15, -0.1) is 0 Å². The first-order valence-electron chi connectivity index (χ1n) is 11.7. The smallest absolute Gasteiger partial charge is 0.254 e. The molecule has 0 aliphatic carbocycles. The number of pyridine rings is 1. The average molecular weight is 437 g/mol. The summed E-state index contributed by atoms with van der Waals surface area (Å²) in [6.07, 6.45) is 1.09. The number of nitrogens with one attached hydrogen (secondary N) is 2. The van der Waals surface area contributed by atoms with E-state index in [0.29, 0.717) is 6.54 Å². The van der Waals surface area contributed by atoms with Crippen LogP contribution in [0.5, 0.6) is 0 Å². The number of rotatable bonds is 7. The molecule has 32 heavy (non-hydrogen) atoms. The molecule has 0 bridgehead atoms. The second-order valence-corrected chi connectivity index (χ2v) is 9.91. The molecule has 1 saturated heterocycles. The fraction of sp³-hybridized carbons (Fsp3) is 0.520. The summed E-state index contributed by atoms with van der Waals surface area (Å²) in [5.41, 5.74) is 3.26. The van der Waals surface area contributed by atoms with Crippen molar-refractivity contribution in [3.8, 4) is 5.69 Å². The zero-order valence-electron chi connectivity index (χ0n) is 19.8. The summed E-state index contributed by atoms with van der Waals surface area (Å²) in [6, 6.07) is 12.0. The molecule has 172 valence electrons. The lowest BCUT2D eigenvalue weighted by atomic mass is 9.90. The van der Waals surface area contributed by atoms with Gasteiger partial charge in [0.05, 0.1) is 11.4 Å². The van der Waals surface area contributed by atoms with Gasteiger partial charge in [-0.25, -0.2) is 4.68 Å². The summed E-state index contributed by atoms with van der Waals surface area (Å²) in [5.74, 6) is 0. The Hall–Kier alpha value is -2.48. The fourth-order valence-electron chi connectivity index (χ4n) is 4.28. The van der Waals surface area contributed by atoms with E-state index in [2.05, 4.69) is 47.9 Å². The van der Waals surface area contributed by atoms with Crippen molar-refractivity contribution >= 4 is 11.0 Å². The highest BCUT2D eigenvalue weighted by Crippen LogP contribution is 2.29. The van der Waals surface area contributed by atoms with Crippen LogP contribution in [0.2, 0.25) is 0 Å². The Morgan fingerprint density at radius 3 is 2.50 bits per heavy atom. The highest BCUT2D eigenvalue weighted by molar-refractivity contribution is 5.81. The van der Waals surface area contributed by atoms with Gasteiger partial charge in [0.15, 0.2) is 0 Å². The van der Waals surface area contributed by atoms with Crippen LogP contribution in [-0.2, 0) is 12.0 Å². The third-order valence-electron chi connectivity index (χ3n) is 6.21. The highest BCUT2D eigenvalue weighted by atomic mass is 16.1. The van der Waals surface area contributed by atoms with Gasteiger partial charge in [-0.1, -0.05) is 39.0 Å². The van der Waals surface area contributed by atoms with Crippen molar-refractivity contribution in [2.75, 3.05) is 46.3 Å². The molecular formula is C25H36N6O. The van der Waals surface area contributed by atoms with Gasteiger partial charge in [0.2, 0.25) is 0 Å². The predicted octanol–water partition coefficient (Wildman–Crippen LogP) is 2.74. The van der Waals surface area contributed by atoms with Gasteiger partial charge >= 0.3 is 0 Å². The summed E-state index contributed by atoms with van der Waals surface area (Å²) in [7, 11) is 2.18. The van der Waals surface area contributed by atoms with Crippen molar-refractivity contribution in [2.24, 2.45) is 0 Å². The van der Waals surface area contributed by atoms with E-state index >= 15 is 0 Å². The number of benzene rings is 1. The zero-order valence-corrected chi connectivity index (χ0v) is 19.8. The van der Waals surface area contributed by atoms with Crippen LogP contribution >= 0.6 is 0 Å². The summed E-state index contributed by atoms with van der Waals surface area (Å²) >= 11 is 0. The maximum absolute atomic E-state index is 12.9. The molecule has 2 aromatic heterocycles. The molecule has 0 unspecified atom stereocenters. The van der Waals surface area contributed by atoms with E-state index in [9.17, 15) is 4.79 Å². The minimum absolute atomic E-state index is 0.0541. The number of piperazine rings is 1. The molecule has 1 aromatic carbocycles. The van der Waals surface area contributed by atoms with Gasteiger partial charge in [-0.2, -0.15) is 5.10 Å². The zero-order chi connectivity index (χ0) is 22.7. The molecule has 2 N–H and O–H groups in total. The standard InChI is InChI=1S/C25H36N6O/c1-25(2,3)22-21-17-19(18-26-11-8-12-30-15-13-29(4)14-16-30)24(32)27-23(21)31(28-22)20-9-6-5-7-10-20/h5-7,9-10,17,26H,8,11-16,18H2,1-4H3,(H,27,32). The molecule has 0 saturated carbocycles. The van der Waals surface area contributed by atoms with E-state index in [0.717, 1.165) is 73.7 Å². The van der Waals surface area contributed by atoms with Gasteiger partial charge in [0.25, 0.3) is 5.56 Å². The number of H-pyrrole nitrogens is 1. The van der Waals surface area contributed by atoms with Gasteiger partial charge < -0.3 is 20.1 Å². The van der Waals surface area contributed by atoms with Crippen molar-refractivity contribution in [3.05, 3.63) is 58.0 Å². The minimum Gasteiger partial charge on any atom is -0.312 e. The first kappa shape index (κ1) is 22.7. The molecule has 7 heteroatoms. The van der Waals surface area contributed by atoms with Crippen LogP contribution in [0.4, 0.5) is 0 Å². The average Bonchev–Trinajstić information content (AvgIpc) is 3.14. The maximum atomic E-state index is 12.9. The van der Waals surface area contributed by atoms with E-state index in [1.165, 1.54) is 0 Å². The number of aromatic nitrogens is 3. The molecule has 0 atom stereocenters. The Labute approximate surface area is 190 Å². The van der Waals surface area contributed by atoms with Crippen molar-refractivity contribution in [3.63, 3.8) is 0 Å². The Morgan fingerprint density at radius 1 is 1.09 bits per heavy atom. The lowest BCUT2D eigenvalue weighted by Gasteiger charge is -2.32. The first-order chi connectivity index (χ1) is 15.3. The third kappa shape index (κ3) is 5.11. The monoisotopic (exact) mass is 436 g/mol. The predicted molar refractivity (Wildman–Crippen MR) is 131 cm³/mol. The number of fused-ring (bicyclic) bond motifs is 1. The van der Waals surface area contributed by atoms with Crippen LogP contribution in [0.15, 0.2) is 41.2 Å². The second kappa shape index (κ2) is 9.57. The Kier molecular flexibility index (Phi) is 6.79. The molecule has 3 heterocycles. The van der Waals surface area contributed by atoms with Crippen LogP contribution in [0.3, 0.4) is 0 Å². The molecule has 0 amide bonds. The first-order valence-corrected chi connectivity index (χ1v) is 11.7. The molecule has 1 aliphatic rings. The Balaban J connectivity index is 1.48. The maximum Gasteiger partial charge on any atom is 0.254 e. The number of para-hydroxylation sites is 1. The van der Waals surface area contributed by atoms with Crippen LogP contribution in [0.1, 0.15) is 38.4 Å². The van der Waals surface area contributed by atoms with Crippen molar-refractivity contribution < 1.29 is 0 Å². The second-order valence-electron chi connectivity index (χ2n) is 9.91. The molecule has 7 nitrogen and oxygen atoms in total. The van der Waals surface area contributed by atoms with Crippen LogP contribution in [0.25, 0.3) is 16.7 Å². The van der Waals surface area contributed by atoms with E-state index in [-0.39, 0.29) is 11.0 Å². The summed E-state index contributed by atoms with van der Waals surface area (Å²) < 4.78 is 1.85. The van der Waals surface area contributed by atoms with Crippen molar-refractivity contribution in [1.82, 2.24) is 29.9 Å². The fourth-order valence-corrected chi connectivity index (χ4v) is 4.28. The number of hydrogen-bond acceptors (Lipinski definition) is 5. The number of aromatic amines is 1. The van der Waals surface area contributed by atoms with Gasteiger partial charge in [0.1, 0.15) is 5.65 Å². The quantitative estimate of drug-likeness (QED) is 0.558. The van der Waals surface area contributed by atoms with Crippen molar-refractivity contribution in [1.29, 1.82) is 0 Å². The molecule has 1 fully saturated rings. The van der Waals surface area contributed by atoms with Gasteiger partial charge in [-0.3, -0.25) is 4.79 Å². The van der Waals surface area contributed by atoms with Gasteiger partial charge in [-0.05, 0) is 44.8 Å². The summed E-state index contributed by atoms with van der Waals surface area (Å²) in [4.78, 5) is 20.9. The topological polar surface area (TPSA) is 69.2 Å². The highest BCUT2D eigenvalue weighted by Gasteiger charge is 2.24. The van der Waals surface area contributed by atoms with E-state index in [1.54, 1.807) is 0 Å². The Morgan fingerprint density at radius 2 is 1.81 bits per heavy atom. The largest absolute Gasteiger partial charge is 0.312 e. The molecule has 1 aliphatic heterocycles. The van der Waals surface area contributed by atoms with Crippen LogP contribution < -0.4 is 10.9 Å². The number of likely N-dealkylation sites (N-methyl/N-ethyl adjacent to an activating group) is 1. The SMILES string of the molecule is CN1CCN(CCCNCc2cc3c(C(C)(C)C)nn(-c4ccccc4)c3[nH]c2=O)CC1.